The van der Waals surface area contributed by atoms with Crippen molar-refractivity contribution in [2.75, 3.05) is 5.32 Å². The van der Waals surface area contributed by atoms with Crippen LogP contribution in [0, 0.1) is 13.8 Å². The van der Waals surface area contributed by atoms with Crippen molar-refractivity contribution in [1.82, 2.24) is 5.32 Å². The summed E-state index contributed by atoms with van der Waals surface area (Å²) in [6.07, 6.45) is 0.111. The van der Waals surface area contributed by atoms with Crippen molar-refractivity contribution in [3.05, 3.63) is 59.2 Å². The van der Waals surface area contributed by atoms with E-state index in [4.69, 9.17) is 4.74 Å². The van der Waals surface area contributed by atoms with Gasteiger partial charge in [0.2, 0.25) is 0 Å². The minimum Gasteiger partial charge on any atom is -0.491 e. The largest absolute Gasteiger partial charge is 0.491 e. The van der Waals surface area contributed by atoms with Crippen molar-refractivity contribution >= 4 is 17.5 Å². The van der Waals surface area contributed by atoms with Crippen molar-refractivity contribution in [3.8, 4) is 5.75 Å². The normalized spacial score (nSPS) is 10.4. The molecule has 0 unspecified atom stereocenters. The molecule has 0 saturated carbocycles. The number of carbonyl (C=O) groups excluding carboxylic acids is 2. The first kappa shape index (κ1) is 18.5. The lowest BCUT2D eigenvalue weighted by atomic mass is 10.1. The third-order valence-corrected chi connectivity index (χ3v) is 3.58. The molecule has 0 saturated heterocycles. The molecule has 0 fully saturated rings. The van der Waals surface area contributed by atoms with Gasteiger partial charge in [0.1, 0.15) is 5.75 Å². The standard InChI is InChI=1S/C20H24N2O3/c1-13(2)25-17-8-6-16(7-9-17)12-21-19(23)20(24)22-18-10-5-14(3)11-15(18)4/h5-11,13H,12H2,1-4H3,(H,21,23)(H,22,24). The number of hydrogen-bond acceptors (Lipinski definition) is 3. The molecule has 2 amide bonds. The fraction of sp³-hybridized carbons (Fsp3) is 0.300. The lowest BCUT2D eigenvalue weighted by molar-refractivity contribution is -0.136. The van der Waals surface area contributed by atoms with Gasteiger partial charge in [-0.25, -0.2) is 0 Å². The van der Waals surface area contributed by atoms with Gasteiger partial charge in [-0.2, -0.15) is 0 Å². The molecule has 132 valence electrons. The van der Waals surface area contributed by atoms with E-state index in [-0.39, 0.29) is 12.6 Å². The maximum Gasteiger partial charge on any atom is 0.313 e. The summed E-state index contributed by atoms with van der Waals surface area (Å²) < 4.78 is 5.57. The molecule has 0 aliphatic heterocycles. The van der Waals surface area contributed by atoms with Gasteiger partial charge in [-0.1, -0.05) is 29.8 Å². The van der Waals surface area contributed by atoms with E-state index < -0.39 is 11.8 Å². The molecule has 2 N–H and O–H groups in total. The summed E-state index contributed by atoms with van der Waals surface area (Å²) in [6, 6.07) is 13.0. The van der Waals surface area contributed by atoms with E-state index in [1.54, 1.807) is 6.07 Å². The van der Waals surface area contributed by atoms with Crippen LogP contribution in [0.4, 0.5) is 5.69 Å². The second-order valence-corrected chi connectivity index (χ2v) is 6.27. The average molecular weight is 340 g/mol. The van der Waals surface area contributed by atoms with Crippen LogP contribution >= 0.6 is 0 Å². The van der Waals surface area contributed by atoms with Crippen LogP contribution in [0.5, 0.6) is 5.75 Å². The third-order valence-electron chi connectivity index (χ3n) is 3.58. The Morgan fingerprint density at radius 2 is 1.68 bits per heavy atom. The van der Waals surface area contributed by atoms with Gasteiger partial charge in [0.25, 0.3) is 0 Å². The van der Waals surface area contributed by atoms with E-state index in [0.717, 1.165) is 22.4 Å². The smallest absolute Gasteiger partial charge is 0.313 e. The van der Waals surface area contributed by atoms with Crippen molar-refractivity contribution < 1.29 is 14.3 Å². The van der Waals surface area contributed by atoms with Crippen LogP contribution in [-0.4, -0.2) is 17.9 Å². The lowest BCUT2D eigenvalue weighted by Crippen LogP contribution is -2.35. The number of benzene rings is 2. The van der Waals surface area contributed by atoms with Gasteiger partial charge in [-0.15, -0.1) is 0 Å². The molecule has 0 aliphatic carbocycles. The van der Waals surface area contributed by atoms with E-state index in [2.05, 4.69) is 10.6 Å². The van der Waals surface area contributed by atoms with Crippen LogP contribution in [-0.2, 0) is 16.1 Å². The van der Waals surface area contributed by atoms with Gasteiger partial charge in [0.05, 0.1) is 6.10 Å². The molecule has 2 aromatic rings. The van der Waals surface area contributed by atoms with Gasteiger partial charge in [0.15, 0.2) is 0 Å². The second-order valence-electron chi connectivity index (χ2n) is 6.27. The van der Waals surface area contributed by atoms with Crippen LogP contribution in [0.2, 0.25) is 0 Å². The SMILES string of the molecule is Cc1ccc(NC(=O)C(=O)NCc2ccc(OC(C)C)cc2)c(C)c1. The molecule has 0 heterocycles. The van der Waals surface area contributed by atoms with Gasteiger partial charge in [0, 0.05) is 12.2 Å². The highest BCUT2D eigenvalue weighted by Gasteiger charge is 2.14. The van der Waals surface area contributed by atoms with E-state index in [0.29, 0.717) is 5.69 Å². The van der Waals surface area contributed by atoms with E-state index >= 15 is 0 Å². The first-order chi connectivity index (χ1) is 11.8. The molecule has 0 aromatic heterocycles. The van der Waals surface area contributed by atoms with Crippen LogP contribution in [0.1, 0.15) is 30.5 Å². The number of nitrogens with one attached hydrogen (secondary N) is 2. The Morgan fingerprint density at radius 3 is 2.28 bits per heavy atom. The summed E-state index contributed by atoms with van der Waals surface area (Å²) in [5.41, 5.74) is 3.55. The molecule has 25 heavy (non-hydrogen) atoms. The maximum atomic E-state index is 12.0. The fourth-order valence-electron chi connectivity index (χ4n) is 2.35. The van der Waals surface area contributed by atoms with Crippen LogP contribution < -0.4 is 15.4 Å². The van der Waals surface area contributed by atoms with E-state index in [9.17, 15) is 9.59 Å². The molecule has 0 radical (unpaired) electrons. The molecular formula is C20H24N2O3. The Hall–Kier alpha value is -2.82. The van der Waals surface area contributed by atoms with Crippen LogP contribution in [0.25, 0.3) is 0 Å². The minimum absolute atomic E-state index is 0.111. The van der Waals surface area contributed by atoms with Crippen molar-refractivity contribution in [3.63, 3.8) is 0 Å². The van der Waals surface area contributed by atoms with Crippen LogP contribution in [0.3, 0.4) is 0 Å². The summed E-state index contributed by atoms with van der Waals surface area (Å²) in [5.74, 6) is -0.563. The zero-order chi connectivity index (χ0) is 18.4. The molecule has 2 aromatic carbocycles. The second kappa shape index (κ2) is 8.33. The van der Waals surface area contributed by atoms with Crippen molar-refractivity contribution in [2.45, 2.75) is 40.3 Å². The Kier molecular flexibility index (Phi) is 6.17. The van der Waals surface area contributed by atoms with Gasteiger partial charge < -0.3 is 15.4 Å². The van der Waals surface area contributed by atoms with E-state index in [1.807, 2.05) is 64.1 Å². The topological polar surface area (TPSA) is 67.4 Å². The molecular weight excluding hydrogens is 316 g/mol. The average Bonchev–Trinajstić information content (AvgIpc) is 2.56. The third kappa shape index (κ3) is 5.64. The Bertz CT molecular complexity index is 752. The molecule has 0 spiro atoms. The first-order valence-electron chi connectivity index (χ1n) is 8.27. The Balaban J connectivity index is 1.87. The summed E-state index contributed by atoms with van der Waals surface area (Å²) in [4.78, 5) is 24.0. The highest BCUT2D eigenvalue weighted by molar-refractivity contribution is 6.39. The molecule has 0 aliphatic rings. The Morgan fingerprint density at radius 1 is 1.00 bits per heavy atom. The quantitative estimate of drug-likeness (QED) is 0.820. The molecule has 5 nitrogen and oxygen atoms in total. The fourth-order valence-corrected chi connectivity index (χ4v) is 2.35. The number of amides is 2. The maximum absolute atomic E-state index is 12.0. The monoisotopic (exact) mass is 340 g/mol. The lowest BCUT2D eigenvalue weighted by Gasteiger charge is -2.11. The molecule has 5 heteroatoms. The van der Waals surface area contributed by atoms with Crippen molar-refractivity contribution in [1.29, 1.82) is 0 Å². The summed E-state index contributed by atoms with van der Waals surface area (Å²) >= 11 is 0. The summed E-state index contributed by atoms with van der Waals surface area (Å²) in [6.45, 7) is 8.07. The number of anilines is 1. The minimum atomic E-state index is -0.674. The van der Waals surface area contributed by atoms with Gasteiger partial charge in [-0.05, 0) is 57.0 Å². The number of ether oxygens (including phenoxy) is 1. The predicted octanol–water partition coefficient (Wildman–Crippen LogP) is 3.35. The highest BCUT2D eigenvalue weighted by atomic mass is 16.5. The highest BCUT2D eigenvalue weighted by Crippen LogP contribution is 2.16. The zero-order valence-corrected chi connectivity index (χ0v) is 15.1. The van der Waals surface area contributed by atoms with Gasteiger partial charge in [-0.3, -0.25) is 9.59 Å². The van der Waals surface area contributed by atoms with Crippen LogP contribution in [0.15, 0.2) is 42.5 Å². The number of aryl methyl sites for hydroxylation is 2. The van der Waals surface area contributed by atoms with Gasteiger partial charge >= 0.3 is 11.8 Å². The summed E-state index contributed by atoms with van der Waals surface area (Å²) in [7, 11) is 0. The molecule has 0 bridgehead atoms. The van der Waals surface area contributed by atoms with Crippen molar-refractivity contribution in [2.24, 2.45) is 0 Å². The Labute approximate surface area is 148 Å². The van der Waals surface area contributed by atoms with E-state index in [1.165, 1.54) is 0 Å². The molecule has 2 rings (SSSR count). The summed E-state index contributed by atoms with van der Waals surface area (Å²) in [5, 5.41) is 5.25. The first-order valence-corrected chi connectivity index (χ1v) is 8.27. The molecule has 0 atom stereocenters. The number of hydrogen-bond donors (Lipinski definition) is 2. The number of carbonyl (C=O) groups is 2. The number of rotatable bonds is 5. The predicted molar refractivity (Wildman–Crippen MR) is 98.6 cm³/mol. The zero-order valence-electron chi connectivity index (χ0n) is 15.1.